The third kappa shape index (κ3) is 3.85. The molecule has 0 unspecified atom stereocenters. The van der Waals surface area contributed by atoms with Gasteiger partial charge in [0.1, 0.15) is 5.82 Å². The standard InChI is InChI=1S/C23H19ClFNO3S/c24-19-9-4-10-20(25)23(19)22(27)15-16-11-12-17-6-5-13-26(21(17)14-16)30(28,29)18-7-2-1-3-8-18/h1-4,7-12,14H,5-6,13,15H2. The third-order valence-electron chi connectivity index (χ3n) is 5.16. The molecule has 0 N–H and O–H groups in total. The lowest BCUT2D eigenvalue weighted by Gasteiger charge is -2.31. The normalized spacial score (nSPS) is 13.7. The molecule has 0 fully saturated rings. The maximum atomic E-state index is 14.1. The van der Waals surface area contributed by atoms with Gasteiger partial charge in [-0.15, -0.1) is 0 Å². The molecule has 4 nitrogen and oxygen atoms in total. The smallest absolute Gasteiger partial charge is 0.264 e. The van der Waals surface area contributed by atoms with Gasteiger partial charge >= 0.3 is 0 Å². The van der Waals surface area contributed by atoms with E-state index in [1.807, 2.05) is 6.07 Å². The fourth-order valence-electron chi connectivity index (χ4n) is 3.70. The van der Waals surface area contributed by atoms with Crippen LogP contribution in [0.25, 0.3) is 0 Å². The Hall–Kier alpha value is -2.70. The summed E-state index contributed by atoms with van der Waals surface area (Å²) in [6.45, 7) is 0.362. The molecular weight excluding hydrogens is 425 g/mol. The monoisotopic (exact) mass is 443 g/mol. The number of aryl methyl sites for hydroxylation is 1. The second-order valence-electron chi connectivity index (χ2n) is 7.15. The fraction of sp³-hybridized carbons (Fsp3) is 0.174. The van der Waals surface area contributed by atoms with Crippen LogP contribution in [-0.4, -0.2) is 20.7 Å². The molecule has 154 valence electrons. The number of nitrogens with zero attached hydrogens (tertiary/aromatic N) is 1. The SMILES string of the molecule is O=C(Cc1ccc2c(c1)N(S(=O)(=O)c1ccccc1)CCC2)c1c(F)cccc1Cl. The van der Waals surface area contributed by atoms with Crippen LogP contribution in [0.3, 0.4) is 0 Å². The van der Waals surface area contributed by atoms with Gasteiger partial charge in [-0.2, -0.15) is 0 Å². The molecular formula is C23H19ClFNO3S. The minimum absolute atomic E-state index is 0.0613. The summed E-state index contributed by atoms with van der Waals surface area (Å²) in [5.74, 6) is -1.12. The maximum Gasteiger partial charge on any atom is 0.264 e. The first-order chi connectivity index (χ1) is 14.4. The highest BCUT2D eigenvalue weighted by Gasteiger charge is 2.29. The average Bonchev–Trinajstić information content (AvgIpc) is 2.73. The number of carbonyl (C=O) groups is 1. The molecule has 1 heterocycles. The average molecular weight is 444 g/mol. The first-order valence-electron chi connectivity index (χ1n) is 9.55. The summed E-state index contributed by atoms with van der Waals surface area (Å²) < 4.78 is 41.9. The van der Waals surface area contributed by atoms with Crippen LogP contribution in [-0.2, 0) is 22.9 Å². The van der Waals surface area contributed by atoms with E-state index in [0.717, 1.165) is 12.0 Å². The van der Waals surface area contributed by atoms with Crippen LogP contribution in [0.1, 0.15) is 27.9 Å². The Morgan fingerprint density at radius 1 is 1.03 bits per heavy atom. The molecule has 3 aromatic rings. The maximum absolute atomic E-state index is 14.1. The number of fused-ring (bicyclic) bond motifs is 1. The highest BCUT2D eigenvalue weighted by molar-refractivity contribution is 7.92. The van der Waals surface area contributed by atoms with E-state index in [0.29, 0.717) is 24.2 Å². The number of halogens is 2. The van der Waals surface area contributed by atoms with Gasteiger partial charge < -0.3 is 0 Å². The molecule has 0 radical (unpaired) electrons. The minimum atomic E-state index is -3.72. The number of anilines is 1. The Morgan fingerprint density at radius 2 is 1.80 bits per heavy atom. The summed E-state index contributed by atoms with van der Waals surface area (Å²) in [4.78, 5) is 12.9. The lowest BCUT2D eigenvalue weighted by molar-refractivity contribution is 0.0989. The van der Waals surface area contributed by atoms with Crippen molar-refractivity contribution in [1.82, 2.24) is 0 Å². The van der Waals surface area contributed by atoms with Crippen molar-refractivity contribution in [3.8, 4) is 0 Å². The molecule has 1 aliphatic heterocycles. The summed E-state index contributed by atoms with van der Waals surface area (Å²) in [5.41, 5.74) is 1.93. The molecule has 0 amide bonds. The first-order valence-corrected chi connectivity index (χ1v) is 11.4. The van der Waals surface area contributed by atoms with E-state index in [1.165, 1.54) is 22.5 Å². The zero-order valence-electron chi connectivity index (χ0n) is 16.0. The van der Waals surface area contributed by atoms with Gasteiger partial charge in [0.05, 0.1) is 21.2 Å². The molecule has 30 heavy (non-hydrogen) atoms. The zero-order chi connectivity index (χ0) is 21.3. The van der Waals surface area contributed by atoms with Gasteiger partial charge in [-0.3, -0.25) is 9.10 Å². The van der Waals surface area contributed by atoms with Crippen LogP contribution in [0.4, 0.5) is 10.1 Å². The number of Topliss-reactive ketones (excluding diaryl/α,β-unsaturated/α-hetero) is 1. The van der Waals surface area contributed by atoms with Gasteiger partial charge in [0, 0.05) is 13.0 Å². The molecule has 7 heteroatoms. The fourth-order valence-corrected chi connectivity index (χ4v) is 5.53. The number of hydrogen-bond acceptors (Lipinski definition) is 3. The topological polar surface area (TPSA) is 54.5 Å². The lowest BCUT2D eigenvalue weighted by Crippen LogP contribution is -2.35. The number of ketones is 1. The van der Waals surface area contributed by atoms with Crippen LogP contribution in [0, 0.1) is 5.82 Å². The van der Waals surface area contributed by atoms with Crippen molar-refractivity contribution in [1.29, 1.82) is 0 Å². The van der Waals surface area contributed by atoms with Gasteiger partial charge in [-0.25, -0.2) is 12.8 Å². The molecule has 0 saturated carbocycles. The van der Waals surface area contributed by atoms with Crippen LogP contribution >= 0.6 is 11.6 Å². The molecule has 1 aliphatic rings. The molecule has 0 spiro atoms. The Balaban J connectivity index is 1.69. The largest absolute Gasteiger partial charge is 0.294 e. The van der Waals surface area contributed by atoms with Crippen molar-refractivity contribution in [2.75, 3.05) is 10.8 Å². The third-order valence-corrected chi connectivity index (χ3v) is 7.31. The number of rotatable bonds is 5. The Labute approximate surface area is 180 Å². The molecule has 3 aromatic carbocycles. The minimum Gasteiger partial charge on any atom is -0.294 e. The lowest BCUT2D eigenvalue weighted by atomic mass is 9.97. The van der Waals surface area contributed by atoms with E-state index >= 15 is 0 Å². The van der Waals surface area contributed by atoms with Crippen molar-refractivity contribution in [2.24, 2.45) is 0 Å². The van der Waals surface area contributed by atoms with Gasteiger partial charge in [-0.05, 0) is 54.3 Å². The molecule has 0 aliphatic carbocycles. The number of hydrogen-bond donors (Lipinski definition) is 0. The number of carbonyl (C=O) groups excluding carboxylic acids is 1. The van der Waals surface area contributed by atoms with E-state index in [9.17, 15) is 17.6 Å². The van der Waals surface area contributed by atoms with E-state index in [2.05, 4.69) is 0 Å². The van der Waals surface area contributed by atoms with Crippen LogP contribution in [0.15, 0.2) is 71.6 Å². The predicted molar refractivity (Wildman–Crippen MR) is 115 cm³/mol. The summed E-state index contributed by atoms with van der Waals surface area (Å²) in [6, 6.07) is 17.7. The predicted octanol–water partition coefficient (Wildman–Crippen LogP) is 5.05. The molecule has 0 atom stereocenters. The summed E-state index contributed by atoms with van der Waals surface area (Å²) in [6.07, 6.45) is 1.39. The van der Waals surface area contributed by atoms with Crippen LogP contribution < -0.4 is 4.31 Å². The Kier molecular flexibility index (Phi) is 5.62. The van der Waals surface area contributed by atoms with Crippen molar-refractivity contribution in [2.45, 2.75) is 24.2 Å². The molecule has 0 saturated heterocycles. The van der Waals surface area contributed by atoms with Crippen molar-refractivity contribution >= 4 is 33.1 Å². The zero-order valence-corrected chi connectivity index (χ0v) is 17.6. The van der Waals surface area contributed by atoms with Crippen LogP contribution in [0.5, 0.6) is 0 Å². The molecule has 4 rings (SSSR count). The van der Waals surface area contributed by atoms with Gasteiger partial charge in [0.15, 0.2) is 5.78 Å². The second kappa shape index (κ2) is 8.20. The van der Waals surface area contributed by atoms with Crippen LogP contribution in [0.2, 0.25) is 5.02 Å². The summed E-state index contributed by atoms with van der Waals surface area (Å²) >= 11 is 6.01. The first kappa shape index (κ1) is 20.6. The van der Waals surface area contributed by atoms with Crippen molar-refractivity contribution in [3.63, 3.8) is 0 Å². The van der Waals surface area contributed by atoms with E-state index < -0.39 is 21.6 Å². The highest BCUT2D eigenvalue weighted by atomic mass is 35.5. The van der Waals surface area contributed by atoms with Gasteiger partial charge in [-0.1, -0.05) is 48.0 Å². The Morgan fingerprint density at radius 3 is 2.53 bits per heavy atom. The quantitative estimate of drug-likeness (QED) is 0.519. The van der Waals surface area contributed by atoms with E-state index in [4.69, 9.17) is 11.6 Å². The Bertz CT molecular complexity index is 1190. The summed E-state index contributed by atoms with van der Waals surface area (Å²) in [7, 11) is -3.72. The number of sulfonamides is 1. The van der Waals surface area contributed by atoms with Gasteiger partial charge in [0.2, 0.25) is 0 Å². The van der Waals surface area contributed by atoms with Crippen molar-refractivity contribution in [3.05, 3.63) is 94.3 Å². The number of benzene rings is 3. The molecule has 0 bridgehead atoms. The van der Waals surface area contributed by atoms with Gasteiger partial charge in [0.25, 0.3) is 10.0 Å². The summed E-state index contributed by atoms with van der Waals surface area (Å²) in [5, 5.41) is 0.0613. The second-order valence-corrected chi connectivity index (χ2v) is 9.42. The highest BCUT2D eigenvalue weighted by Crippen LogP contribution is 2.33. The van der Waals surface area contributed by atoms with E-state index in [-0.39, 0.29) is 21.9 Å². The molecule has 0 aromatic heterocycles. The van der Waals surface area contributed by atoms with Crippen molar-refractivity contribution < 1.29 is 17.6 Å². The van der Waals surface area contributed by atoms with E-state index in [1.54, 1.807) is 42.5 Å².